The fraction of sp³-hybridized carbons (Fsp3) is 0.0571. The number of nitrogens with zero attached hydrogens (tertiary/aromatic N) is 1. The van der Waals surface area contributed by atoms with Crippen molar-refractivity contribution in [2.45, 2.75) is 17.0 Å². The molecular formula is C35H26BrNO4S. The molecule has 0 fully saturated rings. The molecule has 5 nitrogen and oxygen atoms in total. The first-order chi connectivity index (χ1) is 20.4. The van der Waals surface area contributed by atoms with E-state index in [2.05, 4.69) is 15.9 Å². The summed E-state index contributed by atoms with van der Waals surface area (Å²) in [7, 11) is -4.21. The lowest BCUT2D eigenvalue weighted by Gasteiger charge is -2.27. The molecule has 5 aromatic rings. The molecule has 0 unspecified atom stereocenters. The molecule has 1 aliphatic heterocycles. The monoisotopic (exact) mass is 635 g/mol. The molecule has 1 atom stereocenters. The average molecular weight is 637 g/mol. The van der Waals surface area contributed by atoms with Gasteiger partial charge in [-0.2, -0.15) is 0 Å². The largest absolute Gasteiger partial charge is 0.474 e. The van der Waals surface area contributed by atoms with Crippen molar-refractivity contribution >= 4 is 37.4 Å². The van der Waals surface area contributed by atoms with Gasteiger partial charge in [-0.05, 0) is 53.1 Å². The maximum Gasteiger partial charge on any atom is 0.295 e. The van der Waals surface area contributed by atoms with Gasteiger partial charge in [0.2, 0.25) is 15.6 Å². The van der Waals surface area contributed by atoms with Crippen LogP contribution in [0.15, 0.2) is 166 Å². The van der Waals surface area contributed by atoms with Gasteiger partial charge in [0.25, 0.3) is 5.91 Å². The summed E-state index contributed by atoms with van der Waals surface area (Å²) in [6.45, 7) is 0. The summed E-state index contributed by atoms with van der Waals surface area (Å²) >= 11 is 3.40. The van der Waals surface area contributed by atoms with Crippen LogP contribution < -0.4 is 4.90 Å². The average Bonchev–Trinajstić information content (AvgIpc) is 3.34. The van der Waals surface area contributed by atoms with E-state index in [-0.39, 0.29) is 15.6 Å². The van der Waals surface area contributed by atoms with Crippen LogP contribution in [0.2, 0.25) is 0 Å². The zero-order valence-corrected chi connectivity index (χ0v) is 24.8. The molecule has 42 heavy (non-hydrogen) atoms. The molecule has 0 aliphatic carbocycles. The third-order valence-corrected chi connectivity index (χ3v) is 9.56. The van der Waals surface area contributed by atoms with Crippen molar-refractivity contribution in [2.75, 3.05) is 4.90 Å². The van der Waals surface area contributed by atoms with Crippen molar-refractivity contribution in [3.05, 3.63) is 177 Å². The molecule has 0 radical (unpaired) electrons. The van der Waals surface area contributed by atoms with Crippen LogP contribution in [0.3, 0.4) is 0 Å². The summed E-state index contributed by atoms with van der Waals surface area (Å²) in [4.78, 5) is 16.0. The normalized spacial score (nSPS) is 15.3. The molecule has 6 rings (SSSR count). The Morgan fingerprint density at radius 1 is 0.643 bits per heavy atom. The Morgan fingerprint density at radius 2 is 1.12 bits per heavy atom. The number of para-hydroxylation sites is 1. The minimum atomic E-state index is -4.21. The van der Waals surface area contributed by atoms with Crippen molar-refractivity contribution in [1.29, 1.82) is 0 Å². The number of hydrogen-bond acceptors (Lipinski definition) is 4. The quantitative estimate of drug-likeness (QED) is 0.173. The van der Waals surface area contributed by atoms with Crippen LogP contribution in [-0.4, -0.2) is 14.3 Å². The third kappa shape index (κ3) is 5.29. The Labute approximate surface area is 253 Å². The number of halogens is 1. The summed E-state index contributed by atoms with van der Waals surface area (Å²) < 4.78 is 36.6. The van der Waals surface area contributed by atoms with E-state index >= 15 is 0 Å². The topological polar surface area (TPSA) is 63.7 Å². The van der Waals surface area contributed by atoms with E-state index in [0.29, 0.717) is 11.3 Å². The molecular weight excluding hydrogens is 610 g/mol. The molecule has 5 aromatic carbocycles. The second-order valence-corrected chi connectivity index (χ2v) is 12.6. The molecule has 7 heteroatoms. The Balaban J connectivity index is 1.61. The highest BCUT2D eigenvalue weighted by Crippen LogP contribution is 2.47. The van der Waals surface area contributed by atoms with E-state index in [1.165, 1.54) is 17.0 Å². The fourth-order valence-corrected chi connectivity index (χ4v) is 7.11. The predicted molar refractivity (Wildman–Crippen MR) is 167 cm³/mol. The molecule has 1 heterocycles. The second kappa shape index (κ2) is 11.8. The zero-order valence-electron chi connectivity index (χ0n) is 22.4. The van der Waals surface area contributed by atoms with Gasteiger partial charge in [0.1, 0.15) is 17.1 Å². The molecule has 0 saturated carbocycles. The van der Waals surface area contributed by atoms with Gasteiger partial charge in [0.05, 0.1) is 4.90 Å². The van der Waals surface area contributed by atoms with Crippen LogP contribution in [-0.2, 0) is 19.4 Å². The van der Waals surface area contributed by atoms with Crippen LogP contribution in [0.1, 0.15) is 28.8 Å². The van der Waals surface area contributed by atoms with Crippen molar-refractivity contribution in [2.24, 2.45) is 0 Å². The third-order valence-electron chi connectivity index (χ3n) is 7.15. The minimum absolute atomic E-state index is 0.0708. The van der Waals surface area contributed by atoms with Gasteiger partial charge < -0.3 is 4.74 Å². The number of benzene rings is 5. The highest BCUT2D eigenvalue weighted by atomic mass is 79.9. The van der Waals surface area contributed by atoms with Gasteiger partial charge in [-0.1, -0.05) is 125 Å². The maximum absolute atomic E-state index is 14.6. The number of carbonyl (C=O) groups excluding carboxylic acids is 1. The van der Waals surface area contributed by atoms with Gasteiger partial charge in [-0.25, -0.2) is 8.42 Å². The fourth-order valence-electron chi connectivity index (χ4n) is 5.18. The van der Waals surface area contributed by atoms with E-state index in [1.54, 1.807) is 24.3 Å². The Kier molecular flexibility index (Phi) is 7.78. The lowest BCUT2D eigenvalue weighted by Crippen LogP contribution is -2.31. The molecule has 0 N–H and O–H groups in total. The summed E-state index contributed by atoms with van der Waals surface area (Å²) in [6, 6.07) is 42.8. The highest BCUT2D eigenvalue weighted by molar-refractivity contribution is 9.10. The number of hydrogen-bond donors (Lipinski definition) is 0. The van der Waals surface area contributed by atoms with Gasteiger partial charge in [0.15, 0.2) is 0 Å². The zero-order chi connectivity index (χ0) is 29.1. The second-order valence-electron chi connectivity index (χ2n) is 9.79. The summed E-state index contributed by atoms with van der Waals surface area (Å²) in [5.41, 5.74) is 2.80. The van der Waals surface area contributed by atoms with Gasteiger partial charge in [-0.15, -0.1) is 0 Å². The van der Waals surface area contributed by atoms with Gasteiger partial charge >= 0.3 is 0 Å². The smallest absolute Gasteiger partial charge is 0.295 e. The highest BCUT2D eigenvalue weighted by Gasteiger charge is 2.49. The molecule has 208 valence electrons. The van der Waals surface area contributed by atoms with Gasteiger partial charge in [0, 0.05) is 10.2 Å². The van der Waals surface area contributed by atoms with E-state index < -0.39 is 27.9 Å². The molecule has 1 amide bonds. The molecule has 0 aromatic heterocycles. The van der Waals surface area contributed by atoms with Gasteiger partial charge in [-0.3, -0.25) is 9.69 Å². The first kappa shape index (κ1) is 27.7. The van der Waals surface area contributed by atoms with Crippen LogP contribution in [0.5, 0.6) is 0 Å². The number of amides is 1. The van der Waals surface area contributed by atoms with Crippen LogP contribution in [0.25, 0.3) is 0 Å². The van der Waals surface area contributed by atoms with Crippen molar-refractivity contribution in [1.82, 2.24) is 0 Å². The van der Waals surface area contributed by atoms with Crippen molar-refractivity contribution < 1.29 is 17.9 Å². The first-order valence-electron chi connectivity index (χ1n) is 13.4. The summed E-state index contributed by atoms with van der Waals surface area (Å²) in [6.07, 6.45) is -0.728. The molecule has 0 saturated heterocycles. The minimum Gasteiger partial charge on any atom is -0.474 e. The van der Waals surface area contributed by atoms with Crippen LogP contribution in [0.4, 0.5) is 5.69 Å². The number of sulfone groups is 1. The van der Waals surface area contributed by atoms with E-state index in [0.717, 1.165) is 15.6 Å². The Hall–Kier alpha value is -4.46. The Morgan fingerprint density at radius 3 is 1.64 bits per heavy atom. The first-order valence-corrected chi connectivity index (χ1v) is 15.7. The lowest BCUT2D eigenvalue weighted by molar-refractivity contribution is -0.118. The number of ether oxygens (including phenoxy) is 1. The predicted octanol–water partition coefficient (Wildman–Crippen LogP) is 8.03. The van der Waals surface area contributed by atoms with E-state index in [1.807, 2.05) is 109 Å². The van der Waals surface area contributed by atoms with E-state index in [9.17, 15) is 13.2 Å². The van der Waals surface area contributed by atoms with Crippen molar-refractivity contribution in [3.8, 4) is 0 Å². The molecule has 1 aliphatic rings. The van der Waals surface area contributed by atoms with Crippen molar-refractivity contribution in [3.63, 3.8) is 0 Å². The summed E-state index contributed by atoms with van der Waals surface area (Å²) in [5.74, 6) is -0.726. The summed E-state index contributed by atoms with van der Waals surface area (Å²) in [5, 5.41) is 0. The number of rotatable bonds is 8. The SMILES string of the molecule is O=C1C(OC(c2ccccc2)c2ccccc2)=C(S(=O)(=O)c2ccc(Br)cc2)[C@@H](c2ccccc2)N1c1ccccc1. The maximum atomic E-state index is 14.6. The van der Waals surface area contributed by atoms with E-state index in [4.69, 9.17) is 4.74 Å². The lowest BCUT2D eigenvalue weighted by atomic mass is 10.0. The molecule has 0 spiro atoms. The van der Waals surface area contributed by atoms with Crippen LogP contribution in [0, 0.1) is 0 Å². The standard InChI is InChI=1S/C35H26BrNO4S/c36-28-21-23-30(24-22-28)42(39,40)34-31(25-13-5-1-6-14-25)37(29-19-11-4-12-20-29)35(38)33(34)41-32(26-15-7-2-8-16-26)27-17-9-3-10-18-27/h1-24,31-32H/t31-/m1/s1. The molecule has 0 bridgehead atoms. The number of anilines is 1. The number of carbonyl (C=O) groups is 1. The Bertz CT molecular complexity index is 1790. The van der Waals surface area contributed by atoms with Crippen LogP contribution >= 0.6 is 15.9 Å².